The van der Waals surface area contributed by atoms with Crippen molar-refractivity contribution in [3.05, 3.63) is 47.6 Å². The highest BCUT2D eigenvalue weighted by molar-refractivity contribution is 5.87. The van der Waals surface area contributed by atoms with Gasteiger partial charge in [0.2, 0.25) is 0 Å². The molecule has 1 spiro atoms. The Bertz CT molecular complexity index is 925. The van der Waals surface area contributed by atoms with E-state index in [2.05, 4.69) is 26.8 Å². The van der Waals surface area contributed by atoms with E-state index in [4.69, 9.17) is 23.7 Å². The predicted molar refractivity (Wildman–Crippen MR) is 131 cm³/mol. The lowest BCUT2D eigenvalue weighted by atomic mass is 9.68. The normalized spacial score (nSPS) is 34.3. The average Bonchev–Trinajstić information content (AvgIpc) is 3.70. The Hall–Kier alpha value is -2.15. The predicted octanol–water partition coefficient (Wildman–Crippen LogP) is 5.11. The molecule has 1 saturated carbocycles. The number of esters is 1. The fourth-order valence-electron chi connectivity index (χ4n) is 5.35. The van der Waals surface area contributed by atoms with E-state index in [1.807, 2.05) is 38.1 Å². The maximum Gasteiger partial charge on any atom is 0.331 e. The number of hydrogen-bond acceptors (Lipinski definition) is 6. The number of epoxide rings is 2. The number of rotatable bonds is 9. The van der Waals surface area contributed by atoms with Gasteiger partial charge in [-0.15, -0.1) is 0 Å². The standard InChI is InChI=1S/C28H38O6/c1-18(2)7-13-23-27(5,34-23)26-25(30-6)22(15-16-28(26)17-31-28)33-24(29)14-10-20-8-11-21(12-9-20)32-19(3)4/h7-12,14,19,22-23,25-26H,13,15-17H2,1-6H3/b14-10+/t22-,23?,25-,26-,27?,28+/m1/s1. The third kappa shape index (κ3) is 5.40. The number of allylic oxidation sites excluding steroid dienone is 1. The van der Waals surface area contributed by atoms with Gasteiger partial charge >= 0.3 is 5.97 Å². The quantitative estimate of drug-likeness (QED) is 0.216. The molecule has 0 radical (unpaired) electrons. The smallest absolute Gasteiger partial charge is 0.331 e. The first kappa shape index (κ1) is 25.0. The van der Waals surface area contributed by atoms with Crippen molar-refractivity contribution in [2.45, 2.75) is 89.5 Å². The van der Waals surface area contributed by atoms with E-state index in [9.17, 15) is 4.79 Å². The van der Waals surface area contributed by atoms with E-state index < -0.39 is 0 Å². The average molecular weight is 471 g/mol. The summed E-state index contributed by atoms with van der Waals surface area (Å²) in [7, 11) is 1.69. The van der Waals surface area contributed by atoms with Crippen molar-refractivity contribution in [1.29, 1.82) is 0 Å². The lowest BCUT2D eigenvalue weighted by Crippen LogP contribution is -2.55. The second-order valence-corrected chi connectivity index (χ2v) is 10.4. The summed E-state index contributed by atoms with van der Waals surface area (Å²) in [5.74, 6) is 0.453. The third-order valence-electron chi connectivity index (χ3n) is 7.17. The van der Waals surface area contributed by atoms with Gasteiger partial charge in [0.05, 0.1) is 24.7 Å². The molecule has 1 aromatic carbocycles. The third-order valence-corrected chi connectivity index (χ3v) is 7.17. The topological polar surface area (TPSA) is 69.8 Å². The number of carbonyl (C=O) groups is 1. The molecule has 3 aliphatic rings. The Morgan fingerprint density at radius 3 is 2.53 bits per heavy atom. The van der Waals surface area contributed by atoms with Crippen LogP contribution >= 0.6 is 0 Å². The maximum atomic E-state index is 12.7. The van der Waals surface area contributed by atoms with Crippen molar-refractivity contribution >= 4 is 12.0 Å². The molecule has 6 nitrogen and oxygen atoms in total. The van der Waals surface area contributed by atoms with Crippen molar-refractivity contribution in [3.8, 4) is 5.75 Å². The molecular formula is C28H38O6. The zero-order valence-corrected chi connectivity index (χ0v) is 21.2. The minimum absolute atomic E-state index is 0.0181. The van der Waals surface area contributed by atoms with Crippen LogP contribution in [0.4, 0.5) is 0 Å². The Kier molecular flexibility index (Phi) is 7.22. The molecule has 3 fully saturated rings. The minimum atomic E-state index is -0.371. The maximum absolute atomic E-state index is 12.7. The first-order chi connectivity index (χ1) is 16.2. The van der Waals surface area contributed by atoms with Crippen LogP contribution in [0.5, 0.6) is 5.75 Å². The molecule has 186 valence electrons. The van der Waals surface area contributed by atoms with Crippen LogP contribution in [0.1, 0.15) is 59.4 Å². The van der Waals surface area contributed by atoms with E-state index in [-0.39, 0.29) is 47.5 Å². The summed E-state index contributed by atoms with van der Waals surface area (Å²) in [4.78, 5) is 12.7. The lowest BCUT2D eigenvalue weighted by molar-refractivity contribution is -0.166. The van der Waals surface area contributed by atoms with Crippen LogP contribution in [0.2, 0.25) is 0 Å². The van der Waals surface area contributed by atoms with Crippen molar-refractivity contribution < 1.29 is 28.5 Å². The van der Waals surface area contributed by atoms with Gasteiger partial charge in [0, 0.05) is 13.2 Å². The molecule has 34 heavy (non-hydrogen) atoms. The van der Waals surface area contributed by atoms with Gasteiger partial charge in [0.15, 0.2) is 0 Å². The molecule has 2 saturated heterocycles. The Balaban J connectivity index is 1.40. The summed E-state index contributed by atoms with van der Waals surface area (Å²) >= 11 is 0. The molecule has 0 aromatic heterocycles. The van der Waals surface area contributed by atoms with E-state index in [1.54, 1.807) is 13.2 Å². The summed E-state index contributed by atoms with van der Waals surface area (Å²) in [6.45, 7) is 11.0. The molecular weight excluding hydrogens is 432 g/mol. The van der Waals surface area contributed by atoms with Gasteiger partial charge in [-0.05, 0) is 77.7 Å². The van der Waals surface area contributed by atoms with Crippen LogP contribution in [0.3, 0.4) is 0 Å². The second kappa shape index (κ2) is 9.84. The van der Waals surface area contributed by atoms with Crippen molar-refractivity contribution in [2.75, 3.05) is 13.7 Å². The van der Waals surface area contributed by atoms with Crippen LogP contribution in [0.15, 0.2) is 42.0 Å². The van der Waals surface area contributed by atoms with Crippen LogP contribution in [-0.2, 0) is 23.7 Å². The Morgan fingerprint density at radius 2 is 1.94 bits per heavy atom. The van der Waals surface area contributed by atoms with Crippen LogP contribution in [0.25, 0.3) is 6.08 Å². The summed E-state index contributed by atoms with van der Waals surface area (Å²) in [6, 6.07) is 7.63. The van der Waals surface area contributed by atoms with Gasteiger partial charge in [-0.1, -0.05) is 23.8 Å². The molecule has 1 aromatic rings. The zero-order valence-electron chi connectivity index (χ0n) is 21.2. The molecule has 0 amide bonds. The lowest BCUT2D eigenvalue weighted by Gasteiger charge is -2.42. The van der Waals surface area contributed by atoms with Gasteiger partial charge in [0.25, 0.3) is 0 Å². The summed E-state index contributed by atoms with van der Waals surface area (Å²) in [5, 5.41) is 0. The Morgan fingerprint density at radius 1 is 1.24 bits per heavy atom. The summed E-state index contributed by atoms with van der Waals surface area (Å²) in [6.07, 6.45) is 7.51. The highest BCUT2D eigenvalue weighted by atomic mass is 16.6. The SMILES string of the molecule is CO[C@H]1[C@H](C2(C)OC2CC=C(C)C)[C@]2(CC[C@H]1OC(=O)/C=C/c1ccc(OC(C)C)cc1)CO2. The van der Waals surface area contributed by atoms with E-state index >= 15 is 0 Å². The fraction of sp³-hybridized carbons (Fsp3) is 0.607. The fourth-order valence-corrected chi connectivity index (χ4v) is 5.35. The number of benzene rings is 1. The monoisotopic (exact) mass is 470 g/mol. The van der Waals surface area contributed by atoms with Crippen molar-refractivity contribution in [2.24, 2.45) is 5.92 Å². The minimum Gasteiger partial charge on any atom is -0.491 e. The zero-order chi connectivity index (χ0) is 24.5. The molecule has 2 heterocycles. The highest BCUT2D eigenvalue weighted by Gasteiger charge is 2.72. The first-order valence-corrected chi connectivity index (χ1v) is 12.3. The van der Waals surface area contributed by atoms with E-state index in [1.165, 1.54) is 11.6 Å². The molecule has 4 rings (SSSR count). The molecule has 6 heteroatoms. The summed E-state index contributed by atoms with van der Waals surface area (Å²) < 4.78 is 29.7. The molecule has 1 aliphatic carbocycles. The van der Waals surface area contributed by atoms with E-state index in [0.717, 1.165) is 24.2 Å². The van der Waals surface area contributed by atoms with E-state index in [0.29, 0.717) is 13.0 Å². The van der Waals surface area contributed by atoms with Gasteiger partial charge < -0.3 is 23.7 Å². The number of hydrogen-bond donors (Lipinski definition) is 0. The number of methoxy groups -OCH3 is 1. The molecule has 6 atom stereocenters. The summed E-state index contributed by atoms with van der Waals surface area (Å²) in [5.41, 5.74) is 1.62. The number of ether oxygens (including phenoxy) is 5. The molecule has 0 N–H and O–H groups in total. The van der Waals surface area contributed by atoms with Crippen LogP contribution < -0.4 is 4.74 Å². The largest absolute Gasteiger partial charge is 0.491 e. The Labute approximate surface area is 203 Å². The molecule has 2 aliphatic heterocycles. The number of carbonyl (C=O) groups excluding carboxylic acids is 1. The van der Waals surface area contributed by atoms with Gasteiger partial charge in [-0.25, -0.2) is 4.79 Å². The van der Waals surface area contributed by atoms with Gasteiger partial charge in [-0.3, -0.25) is 0 Å². The highest BCUT2D eigenvalue weighted by Crippen LogP contribution is 2.59. The van der Waals surface area contributed by atoms with Crippen molar-refractivity contribution in [1.82, 2.24) is 0 Å². The van der Waals surface area contributed by atoms with Gasteiger partial charge in [-0.2, -0.15) is 0 Å². The van der Waals surface area contributed by atoms with Crippen LogP contribution in [-0.4, -0.2) is 55.3 Å². The van der Waals surface area contributed by atoms with Crippen molar-refractivity contribution in [3.63, 3.8) is 0 Å². The molecule has 0 bridgehead atoms. The van der Waals surface area contributed by atoms with Crippen LogP contribution in [0, 0.1) is 5.92 Å². The van der Waals surface area contributed by atoms with Gasteiger partial charge in [0.1, 0.15) is 29.2 Å². The first-order valence-electron chi connectivity index (χ1n) is 12.3. The molecule has 2 unspecified atom stereocenters. The second-order valence-electron chi connectivity index (χ2n) is 10.4.